The second-order valence-corrected chi connectivity index (χ2v) is 5.04. The molecule has 92 valence electrons. The molecule has 0 aliphatic heterocycles. The van der Waals surface area contributed by atoms with Crippen molar-refractivity contribution >= 4 is 28.4 Å². The minimum absolute atomic E-state index is 0.511. The minimum Gasteiger partial charge on any atom is -0.369 e. The Morgan fingerprint density at radius 3 is 3.06 bits per heavy atom. The average molecular weight is 259 g/mol. The van der Waals surface area contributed by atoms with Crippen molar-refractivity contribution in [2.24, 2.45) is 0 Å². The van der Waals surface area contributed by atoms with Crippen LogP contribution in [0.1, 0.15) is 10.7 Å². The summed E-state index contributed by atoms with van der Waals surface area (Å²) in [6.07, 6.45) is 2.61. The van der Waals surface area contributed by atoms with Crippen molar-refractivity contribution in [3.05, 3.63) is 34.4 Å². The second-order valence-electron chi connectivity index (χ2n) is 4.10. The first-order valence-electron chi connectivity index (χ1n) is 5.72. The van der Waals surface area contributed by atoms with Crippen molar-refractivity contribution in [3.63, 3.8) is 0 Å². The molecule has 0 amide bonds. The molecular formula is C12H13N5S. The Labute approximate surface area is 108 Å². The fourth-order valence-corrected chi connectivity index (χ4v) is 2.69. The molecule has 0 bridgehead atoms. The van der Waals surface area contributed by atoms with E-state index in [0.717, 1.165) is 34.8 Å². The molecule has 5 nitrogen and oxygen atoms in total. The fourth-order valence-electron chi connectivity index (χ4n) is 1.92. The van der Waals surface area contributed by atoms with Gasteiger partial charge in [0.05, 0.1) is 5.01 Å². The number of fused-ring (bicyclic) bond motifs is 1. The van der Waals surface area contributed by atoms with Gasteiger partial charge in [0.25, 0.3) is 0 Å². The zero-order chi connectivity index (χ0) is 12.5. The number of nitrogen functional groups attached to an aromatic ring is 1. The van der Waals surface area contributed by atoms with Crippen LogP contribution in [0.25, 0.3) is 11.2 Å². The highest BCUT2D eigenvalue weighted by atomic mass is 32.1. The lowest BCUT2D eigenvalue weighted by Crippen LogP contribution is -2.06. The van der Waals surface area contributed by atoms with Gasteiger partial charge in [0.2, 0.25) is 5.95 Å². The number of aryl methyl sites for hydroxylation is 3. The summed E-state index contributed by atoms with van der Waals surface area (Å²) in [5.74, 6) is 0.511. The number of pyridine rings is 1. The number of nitrogens with zero attached hydrogens (tertiary/aromatic N) is 4. The Bertz CT molecular complexity index is 685. The Kier molecular flexibility index (Phi) is 2.71. The number of thiazole rings is 1. The molecule has 6 heteroatoms. The van der Waals surface area contributed by atoms with Crippen molar-refractivity contribution < 1.29 is 0 Å². The fraction of sp³-hybridized carbons (Fsp3) is 0.250. The number of rotatable bonds is 3. The monoisotopic (exact) mass is 259 g/mol. The van der Waals surface area contributed by atoms with Crippen LogP contribution in [0.3, 0.4) is 0 Å². The van der Waals surface area contributed by atoms with Gasteiger partial charge in [0.1, 0.15) is 5.52 Å². The molecule has 0 saturated heterocycles. The second kappa shape index (κ2) is 4.38. The van der Waals surface area contributed by atoms with Crippen molar-refractivity contribution in [1.29, 1.82) is 0 Å². The smallest absolute Gasteiger partial charge is 0.202 e. The summed E-state index contributed by atoms with van der Waals surface area (Å²) in [7, 11) is 0. The minimum atomic E-state index is 0.511. The summed E-state index contributed by atoms with van der Waals surface area (Å²) < 4.78 is 1.94. The van der Waals surface area contributed by atoms with Crippen LogP contribution >= 0.6 is 11.3 Å². The first-order chi connectivity index (χ1) is 8.74. The predicted molar refractivity (Wildman–Crippen MR) is 72.5 cm³/mol. The Balaban J connectivity index is 1.88. The van der Waals surface area contributed by atoms with Gasteiger partial charge in [0, 0.05) is 30.2 Å². The molecule has 3 heterocycles. The lowest BCUT2D eigenvalue weighted by Gasteiger charge is -2.03. The SMILES string of the molecule is Cc1csc(CCn2c(N)nc3cccnc32)n1. The zero-order valence-corrected chi connectivity index (χ0v) is 10.8. The molecule has 0 aliphatic rings. The first-order valence-corrected chi connectivity index (χ1v) is 6.60. The van der Waals surface area contributed by atoms with Crippen LogP contribution in [-0.4, -0.2) is 19.5 Å². The molecular weight excluding hydrogens is 246 g/mol. The Hall–Kier alpha value is -1.95. The van der Waals surface area contributed by atoms with E-state index in [9.17, 15) is 0 Å². The molecule has 0 unspecified atom stereocenters. The molecule has 0 radical (unpaired) electrons. The summed E-state index contributed by atoms with van der Waals surface area (Å²) >= 11 is 1.68. The van der Waals surface area contributed by atoms with E-state index in [1.807, 2.05) is 23.6 Å². The zero-order valence-electron chi connectivity index (χ0n) is 10.00. The van der Waals surface area contributed by atoms with Gasteiger partial charge >= 0.3 is 0 Å². The van der Waals surface area contributed by atoms with Crippen LogP contribution < -0.4 is 5.73 Å². The van der Waals surface area contributed by atoms with Crippen LogP contribution in [0.15, 0.2) is 23.7 Å². The van der Waals surface area contributed by atoms with Gasteiger partial charge < -0.3 is 5.73 Å². The topological polar surface area (TPSA) is 69.6 Å². The van der Waals surface area contributed by atoms with Crippen LogP contribution in [0.5, 0.6) is 0 Å². The van der Waals surface area contributed by atoms with E-state index in [2.05, 4.69) is 20.3 Å². The van der Waals surface area contributed by atoms with E-state index < -0.39 is 0 Å². The molecule has 3 rings (SSSR count). The highest BCUT2D eigenvalue weighted by Crippen LogP contribution is 2.17. The summed E-state index contributed by atoms with van der Waals surface area (Å²) in [6.45, 7) is 2.76. The lowest BCUT2D eigenvalue weighted by molar-refractivity contribution is 0.715. The summed E-state index contributed by atoms with van der Waals surface area (Å²) in [5.41, 5.74) is 8.66. The van der Waals surface area contributed by atoms with Crippen LogP contribution in [-0.2, 0) is 13.0 Å². The molecule has 18 heavy (non-hydrogen) atoms. The number of hydrogen-bond donors (Lipinski definition) is 1. The third-order valence-corrected chi connectivity index (χ3v) is 3.78. The van der Waals surface area contributed by atoms with E-state index in [1.165, 1.54) is 0 Å². The van der Waals surface area contributed by atoms with E-state index in [4.69, 9.17) is 5.73 Å². The van der Waals surface area contributed by atoms with E-state index in [0.29, 0.717) is 5.95 Å². The Morgan fingerprint density at radius 2 is 2.28 bits per heavy atom. The molecule has 0 saturated carbocycles. The van der Waals surface area contributed by atoms with Gasteiger partial charge in [-0.1, -0.05) is 0 Å². The summed E-state index contributed by atoms with van der Waals surface area (Å²) in [6, 6.07) is 3.78. The van der Waals surface area contributed by atoms with Crippen LogP contribution in [0, 0.1) is 6.92 Å². The number of aromatic nitrogens is 4. The third kappa shape index (κ3) is 1.95. The quantitative estimate of drug-likeness (QED) is 0.781. The molecule has 0 aromatic carbocycles. The molecule has 3 aromatic heterocycles. The number of nitrogens with two attached hydrogens (primary N) is 1. The van der Waals surface area contributed by atoms with Crippen molar-refractivity contribution in [2.75, 3.05) is 5.73 Å². The van der Waals surface area contributed by atoms with Crippen LogP contribution in [0.2, 0.25) is 0 Å². The van der Waals surface area contributed by atoms with E-state index in [-0.39, 0.29) is 0 Å². The molecule has 3 aromatic rings. The van der Waals surface area contributed by atoms with Crippen molar-refractivity contribution in [3.8, 4) is 0 Å². The number of hydrogen-bond acceptors (Lipinski definition) is 5. The van der Waals surface area contributed by atoms with Crippen molar-refractivity contribution in [2.45, 2.75) is 19.9 Å². The lowest BCUT2D eigenvalue weighted by atomic mass is 10.4. The van der Waals surface area contributed by atoms with Gasteiger partial charge in [-0.05, 0) is 19.1 Å². The van der Waals surface area contributed by atoms with Gasteiger partial charge in [-0.15, -0.1) is 11.3 Å². The number of imidazole rings is 1. The van der Waals surface area contributed by atoms with Gasteiger partial charge in [-0.2, -0.15) is 0 Å². The summed E-state index contributed by atoms with van der Waals surface area (Å²) in [4.78, 5) is 13.1. The molecule has 2 N–H and O–H groups in total. The third-order valence-electron chi connectivity index (χ3n) is 2.75. The maximum atomic E-state index is 5.92. The average Bonchev–Trinajstić information content (AvgIpc) is 2.90. The largest absolute Gasteiger partial charge is 0.369 e. The van der Waals surface area contributed by atoms with E-state index >= 15 is 0 Å². The van der Waals surface area contributed by atoms with E-state index in [1.54, 1.807) is 17.5 Å². The highest BCUT2D eigenvalue weighted by Gasteiger charge is 2.09. The van der Waals surface area contributed by atoms with Gasteiger partial charge in [-0.3, -0.25) is 4.57 Å². The standard InChI is InChI=1S/C12H13N5S/c1-8-7-18-10(15-8)4-6-17-11-9(16-12(17)13)3-2-5-14-11/h2-3,5,7H,4,6H2,1H3,(H2,13,16). The normalized spacial score (nSPS) is 11.2. The first kappa shape index (κ1) is 11.2. The molecule has 0 atom stereocenters. The van der Waals surface area contributed by atoms with Gasteiger partial charge in [-0.25, -0.2) is 15.0 Å². The molecule has 0 spiro atoms. The predicted octanol–water partition coefficient (Wildman–Crippen LogP) is 2.02. The maximum Gasteiger partial charge on any atom is 0.202 e. The maximum absolute atomic E-state index is 5.92. The van der Waals surface area contributed by atoms with Crippen molar-refractivity contribution in [1.82, 2.24) is 19.5 Å². The number of anilines is 1. The molecule has 0 aliphatic carbocycles. The Morgan fingerprint density at radius 1 is 1.39 bits per heavy atom. The van der Waals surface area contributed by atoms with Crippen LogP contribution in [0.4, 0.5) is 5.95 Å². The highest BCUT2D eigenvalue weighted by molar-refractivity contribution is 7.09. The van der Waals surface area contributed by atoms with Gasteiger partial charge in [0.15, 0.2) is 5.65 Å². The molecule has 0 fully saturated rings. The summed E-state index contributed by atoms with van der Waals surface area (Å²) in [5, 5.41) is 3.17.